The van der Waals surface area contributed by atoms with E-state index in [1.165, 1.54) is 11.3 Å². The van der Waals surface area contributed by atoms with Gasteiger partial charge in [-0.05, 0) is 24.6 Å². The Bertz CT molecular complexity index is 690. The van der Waals surface area contributed by atoms with Gasteiger partial charge >= 0.3 is 0 Å². The van der Waals surface area contributed by atoms with Crippen LogP contribution < -0.4 is 14.8 Å². The summed E-state index contributed by atoms with van der Waals surface area (Å²) >= 11 is 3.04. The monoisotopic (exact) mass is 337 g/mol. The van der Waals surface area contributed by atoms with E-state index in [1.54, 1.807) is 30.0 Å². The Morgan fingerprint density at radius 3 is 3.05 bits per heavy atom. The van der Waals surface area contributed by atoms with Crippen LogP contribution in [-0.2, 0) is 0 Å². The number of ether oxygens (including phenoxy) is 2. The van der Waals surface area contributed by atoms with Crippen molar-refractivity contribution in [3.05, 3.63) is 23.8 Å². The van der Waals surface area contributed by atoms with Crippen LogP contribution in [0.5, 0.6) is 11.5 Å². The number of fused-ring (bicyclic) bond motifs is 1. The van der Waals surface area contributed by atoms with Crippen molar-refractivity contribution in [2.45, 2.75) is 29.9 Å². The lowest BCUT2D eigenvalue weighted by Crippen LogP contribution is -2.11. The molecule has 1 amide bonds. The fraction of sp³-hybridized carbons (Fsp3) is 0.357. The summed E-state index contributed by atoms with van der Waals surface area (Å²) in [5.41, 5.74) is 0.496. The average Bonchev–Trinajstić information content (AvgIpc) is 3.15. The Hall–Kier alpha value is -1.80. The van der Waals surface area contributed by atoms with Crippen molar-refractivity contribution in [3.63, 3.8) is 0 Å². The maximum absolute atomic E-state index is 12.2. The molecule has 1 aliphatic rings. The van der Waals surface area contributed by atoms with Crippen LogP contribution in [0, 0.1) is 0 Å². The van der Waals surface area contributed by atoms with Gasteiger partial charge in [0.25, 0.3) is 5.91 Å². The number of rotatable bonds is 5. The number of hydrogen-bond acceptors (Lipinski definition) is 7. The summed E-state index contributed by atoms with van der Waals surface area (Å²) in [7, 11) is 0. The molecule has 6 nitrogen and oxygen atoms in total. The number of nitrogens with zero attached hydrogens (tertiary/aromatic N) is 2. The predicted molar refractivity (Wildman–Crippen MR) is 86.0 cm³/mol. The molecule has 0 fully saturated rings. The van der Waals surface area contributed by atoms with Crippen molar-refractivity contribution in [1.29, 1.82) is 0 Å². The molecule has 116 valence electrons. The Labute approximate surface area is 136 Å². The van der Waals surface area contributed by atoms with Crippen LogP contribution in [0.2, 0.25) is 0 Å². The molecule has 1 N–H and O–H groups in total. The Morgan fingerprint density at radius 1 is 1.41 bits per heavy atom. The van der Waals surface area contributed by atoms with E-state index in [0.717, 1.165) is 10.8 Å². The summed E-state index contributed by atoms with van der Waals surface area (Å²) in [6.07, 6.45) is 1.06. The molecule has 0 spiro atoms. The summed E-state index contributed by atoms with van der Waals surface area (Å²) < 4.78 is 11.4. The quantitative estimate of drug-likeness (QED) is 0.666. The van der Waals surface area contributed by atoms with Gasteiger partial charge in [0.2, 0.25) is 11.9 Å². The van der Waals surface area contributed by atoms with Gasteiger partial charge in [-0.25, -0.2) is 0 Å². The van der Waals surface area contributed by atoms with E-state index in [4.69, 9.17) is 9.47 Å². The number of hydrogen-bond donors (Lipinski definition) is 1. The lowest BCUT2D eigenvalue weighted by atomic mass is 10.2. The highest BCUT2D eigenvalue weighted by molar-refractivity contribution is 8.01. The third-order valence-electron chi connectivity index (χ3n) is 3.14. The molecular weight excluding hydrogens is 322 g/mol. The molecule has 0 radical (unpaired) electrons. The van der Waals surface area contributed by atoms with Crippen LogP contribution in [0.15, 0.2) is 22.5 Å². The van der Waals surface area contributed by atoms with E-state index in [0.29, 0.717) is 27.4 Å². The van der Waals surface area contributed by atoms with Crippen molar-refractivity contribution < 1.29 is 14.3 Å². The number of nitrogens with one attached hydrogen (secondary N) is 1. The number of carbonyl (C=O) groups excluding carboxylic acids is 1. The smallest absolute Gasteiger partial charge is 0.257 e. The van der Waals surface area contributed by atoms with Gasteiger partial charge in [-0.3, -0.25) is 10.1 Å². The van der Waals surface area contributed by atoms with Gasteiger partial charge in [0.05, 0.1) is 0 Å². The Balaban J connectivity index is 1.66. The molecule has 1 aliphatic heterocycles. The first-order valence-electron chi connectivity index (χ1n) is 6.87. The minimum atomic E-state index is -0.241. The summed E-state index contributed by atoms with van der Waals surface area (Å²) in [4.78, 5) is 12.2. The van der Waals surface area contributed by atoms with Gasteiger partial charge in [-0.1, -0.05) is 36.9 Å². The lowest BCUT2D eigenvalue weighted by molar-refractivity contribution is 0.102. The topological polar surface area (TPSA) is 73.3 Å². The van der Waals surface area contributed by atoms with Gasteiger partial charge in [-0.15, -0.1) is 10.2 Å². The number of anilines is 1. The first-order chi connectivity index (χ1) is 10.7. The van der Waals surface area contributed by atoms with Crippen molar-refractivity contribution in [2.75, 3.05) is 12.1 Å². The molecule has 2 aromatic rings. The van der Waals surface area contributed by atoms with E-state index < -0.39 is 0 Å². The second kappa shape index (κ2) is 6.53. The zero-order valence-electron chi connectivity index (χ0n) is 12.2. The lowest BCUT2D eigenvalue weighted by Gasteiger charge is -2.03. The Kier molecular flexibility index (Phi) is 4.49. The number of aromatic nitrogens is 2. The van der Waals surface area contributed by atoms with Crippen LogP contribution in [0.4, 0.5) is 5.13 Å². The average molecular weight is 337 g/mol. The molecule has 0 unspecified atom stereocenters. The molecule has 0 saturated heterocycles. The summed E-state index contributed by atoms with van der Waals surface area (Å²) in [6.45, 7) is 4.45. The maximum Gasteiger partial charge on any atom is 0.257 e. The van der Waals surface area contributed by atoms with Crippen LogP contribution in [-0.4, -0.2) is 28.1 Å². The van der Waals surface area contributed by atoms with E-state index in [-0.39, 0.29) is 12.7 Å². The molecular formula is C14H15N3O3S2. The second-order valence-electron chi connectivity index (χ2n) is 4.73. The normalized spacial score (nSPS) is 13.9. The van der Waals surface area contributed by atoms with Crippen LogP contribution in [0.3, 0.4) is 0 Å². The number of benzene rings is 1. The van der Waals surface area contributed by atoms with Gasteiger partial charge in [0, 0.05) is 10.8 Å². The van der Waals surface area contributed by atoms with Crippen LogP contribution >= 0.6 is 23.1 Å². The molecule has 0 bridgehead atoms. The van der Waals surface area contributed by atoms with Gasteiger partial charge < -0.3 is 9.47 Å². The first kappa shape index (κ1) is 15.1. The van der Waals surface area contributed by atoms with Crippen molar-refractivity contribution in [2.24, 2.45) is 0 Å². The zero-order chi connectivity index (χ0) is 15.5. The molecule has 3 rings (SSSR count). The SMILES string of the molecule is CC[C@H](C)Sc1nnc(NC(=O)c2ccc3c(c2)OCO3)s1. The highest BCUT2D eigenvalue weighted by Crippen LogP contribution is 2.33. The van der Waals surface area contributed by atoms with Crippen molar-refractivity contribution in [1.82, 2.24) is 10.2 Å². The van der Waals surface area contributed by atoms with Gasteiger partial charge in [0.1, 0.15) is 0 Å². The maximum atomic E-state index is 12.2. The third-order valence-corrected chi connectivity index (χ3v) is 5.33. The summed E-state index contributed by atoms with van der Waals surface area (Å²) in [5.74, 6) is 0.993. The minimum absolute atomic E-state index is 0.188. The number of thioether (sulfide) groups is 1. The van der Waals surface area contributed by atoms with E-state index >= 15 is 0 Å². The second-order valence-corrected chi connectivity index (χ2v) is 7.40. The van der Waals surface area contributed by atoms with E-state index in [1.807, 2.05) is 0 Å². The van der Waals surface area contributed by atoms with Crippen LogP contribution in [0.25, 0.3) is 0 Å². The molecule has 1 atom stereocenters. The largest absolute Gasteiger partial charge is 0.454 e. The van der Waals surface area contributed by atoms with Gasteiger partial charge in [-0.2, -0.15) is 0 Å². The highest BCUT2D eigenvalue weighted by Gasteiger charge is 2.17. The summed E-state index contributed by atoms with van der Waals surface area (Å²) in [5, 5.41) is 11.8. The molecule has 1 aromatic carbocycles. The van der Waals surface area contributed by atoms with Crippen LogP contribution in [0.1, 0.15) is 30.6 Å². The van der Waals surface area contributed by atoms with Gasteiger partial charge in [0.15, 0.2) is 15.8 Å². The molecule has 1 aromatic heterocycles. The number of carbonyl (C=O) groups is 1. The van der Waals surface area contributed by atoms with Crippen molar-refractivity contribution >= 4 is 34.1 Å². The standard InChI is InChI=1S/C14H15N3O3S2/c1-3-8(2)21-14-17-16-13(22-14)15-12(18)9-4-5-10-11(6-9)20-7-19-10/h4-6,8H,3,7H2,1-2H3,(H,15,16,18)/t8-/m0/s1. The number of amides is 1. The molecule has 8 heteroatoms. The van der Waals surface area contributed by atoms with E-state index in [9.17, 15) is 4.79 Å². The third kappa shape index (κ3) is 3.33. The van der Waals surface area contributed by atoms with E-state index in [2.05, 4.69) is 29.4 Å². The summed E-state index contributed by atoms with van der Waals surface area (Å²) in [6, 6.07) is 5.08. The highest BCUT2D eigenvalue weighted by atomic mass is 32.2. The first-order valence-corrected chi connectivity index (χ1v) is 8.56. The predicted octanol–water partition coefficient (Wildman–Crippen LogP) is 3.41. The fourth-order valence-corrected chi connectivity index (χ4v) is 3.76. The molecule has 0 saturated carbocycles. The zero-order valence-corrected chi connectivity index (χ0v) is 13.8. The Morgan fingerprint density at radius 2 is 2.23 bits per heavy atom. The van der Waals surface area contributed by atoms with Crippen molar-refractivity contribution in [3.8, 4) is 11.5 Å². The molecule has 2 heterocycles. The molecule has 22 heavy (non-hydrogen) atoms. The fourth-order valence-electron chi connectivity index (χ4n) is 1.77. The minimum Gasteiger partial charge on any atom is -0.454 e. The molecule has 0 aliphatic carbocycles.